The van der Waals surface area contributed by atoms with E-state index in [1.54, 1.807) is 13.8 Å². The molecule has 1 amide bonds. The molecule has 18 heavy (non-hydrogen) atoms. The first-order valence-electron chi connectivity index (χ1n) is 5.73. The van der Waals surface area contributed by atoms with Gasteiger partial charge >= 0.3 is 0 Å². The Labute approximate surface area is 106 Å². The van der Waals surface area contributed by atoms with Crippen molar-refractivity contribution >= 4 is 11.6 Å². The van der Waals surface area contributed by atoms with Gasteiger partial charge in [-0.1, -0.05) is 13.8 Å². The van der Waals surface area contributed by atoms with Gasteiger partial charge in [-0.3, -0.25) is 4.79 Å². The van der Waals surface area contributed by atoms with Gasteiger partial charge in [-0.15, -0.1) is 0 Å². The summed E-state index contributed by atoms with van der Waals surface area (Å²) in [6, 6.07) is 3.03. The number of nitrogens with two attached hydrogens (primary N) is 1. The van der Waals surface area contributed by atoms with Gasteiger partial charge in [-0.25, -0.2) is 8.78 Å². The molecule has 0 fully saturated rings. The van der Waals surface area contributed by atoms with Gasteiger partial charge in [0.05, 0.1) is 5.69 Å². The van der Waals surface area contributed by atoms with Gasteiger partial charge in [-0.2, -0.15) is 0 Å². The highest BCUT2D eigenvalue weighted by molar-refractivity contribution is 5.96. The van der Waals surface area contributed by atoms with Crippen LogP contribution in [-0.4, -0.2) is 19.5 Å². The smallest absolute Gasteiger partial charge is 0.232 e. The van der Waals surface area contributed by atoms with Crippen LogP contribution in [0.15, 0.2) is 18.2 Å². The number of benzene rings is 1. The third kappa shape index (κ3) is 3.04. The average molecular weight is 256 g/mol. The van der Waals surface area contributed by atoms with Crippen LogP contribution in [0.5, 0.6) is 0 Å². The molecule has 0 aromatic heterocycles. The van der Waals surface area contributed by atoms with Gasteiger partial charge in [0.1, 0.15) is 11.6 Å². The first kappa shape index (κ1) is 14.6. The number of hydrogen-bond donors (Lipinski definition) is 1. The Bertz CT molecular complexity index is 447. The lowest BCUT2D eigenvalue weighted by molar-refractivity contribution is -0.126. The third-order valence-electron chi connectivity index (χ3n) is 2.92. The molecular formula is C13H18F2N2O. The van der Waals surface area contributed by atoms with Crippen molar-refractivity contribution in [1.82, 2.24) is 0 Å². The first-order valence-corrected chi connectivity index (χ1v) is 5.73. The molecule has 5 heteroatoms. The van der Waals surface area contributed by atoms with Crippen LogP contribution in [0.1, 0.15) is 20.3 Å². The van der Waals surface area contributed by atoms with Gasteiger partial charge in [0.25, 0.3) is 0 Å². The lowest BCUT2D eigenvalue weighted by Gasteiger charge is -2.29. The normalized spacial score (nSPS) is 11.4. The van der Waals surface area contributed by atoms with Gasteiger partial charge in [0.15, 0.2) is 0 Å². The molecule has 0 aliphatic carbocycles. The standard InChI is InChI=1S/C13H18F2N2O/c1-13(2,6-7-16)12(18)17(3)11-8-9(14)4-5-10(11)15/h4-5,8H,6-7,16H2,1-3H3. The zero-order chi connectivity index (χ0) is 13.9. The molecule has 0 aliphatic heterocycles. The van der Waals surface area contributed by atoms with E-state index in [1.165, 1.54) is 7.05 Å². The fraction of sp³-hybridized carbons (Fsp3) is 0.462. The molecule has 2 N–H and O–H groups in total. The summed E-state index contributed by atoms with van der Waals surface area (Å²) in [6.45, 7) is 3.82. The summed E-state index contributed by atoms with van der Waals surface area (Å²) in [6.07, 6.45) is 0.479. The summed E-state index contributed by atoms with van der Waals surface area (Å²) in [4.78, 5) is 13.3. The SMILES string of the molecule is CN(C(=O)C(C)(C)CCN)c1cc(F)ccc1F. The molecule has 0 radical (unpaired) electrons. The van der Waals surface area contributed by atoms with Crippen LogP contribution in [0.25, 0.3) is 0 Å². The first-order chi connectivity index (χ1) is 8.29. The predicted octanol–water partition coefficient (Wildman–Crippen LogP) is 2.30. The van der Waals surface area contributed by atoms with Crippen LogP contribution in [0, 0.1) is 17.0 Å². The van der Waals surface area contributed by atoms with Crippen molar-refractivity contribution in [3.05, 3.63) is 29.8 Å². The Kier molecular flexibility index (Phi) is 4.40. The molecule has 1 aromatic carbocycles. The Morgan fingerprint density at radius 3 is 2.56 bits per heavy atom. The second kappa shape index (κ2) is 5.44. The van der Waals surface area contributed by atoms with Crippen LogP contribution in [-0.2, 0) is 4.79 Å². The third-order valence-corrected chi connectivity index (χ3v) is 2.92. The Hall–Kier alpha value is -1.49. The number of hydrogen-bond acceptors (Lipinski definition) is 2. The molecule has 0 saturated carbocycles. The average Bonchev–Trinajstić information content (AvgIpc) is 2.30. The van der Waals surface area contributed by atoms with Gasteiger partial charge in [0.2, 0.25) is 5.91 Å². The van der Waals surface area contributed by atoms with Gasteiger partial charge in [-0.05, 0) is 25.1 Å². The Balaban J connectivity index is 3.03. The predicted molar refractivity (Wildman–Crippen MR) is 67.2 cm³/mol. The van der Waals surface area contributed by atoms with E-state index in [-0.39, 0.29) is 11.6 Å². The number of rotatable bonds is 4. The fourth-order valence-electron chi connectivity index (χ4n) is 1.77. The molecule has 0 spiro atoms. The summed E-state index contributed by atoms with van der Waals surface area (Å²) < 4.78 is 26.7. The van der Waals surface area contributed by atoms with E-state index in [0.29, 0.717) is 13.0 Å². The van der Waals surface area contributed by atoms with E-state index >= 15 is 0 Å². The molecule has 100 valence electrons. The summed E-state index contributed by atoms with van der Waals surface area (Å²) in [5.74, 6) is -1.50. The quantitative estimate of drug-likeness (QED) is 0.898. The van der Waals surface area contributed by atoms with Crippen molar-refractivity contribution in [3.63, 3.8) is 0 Å². The molecule has 0 heterocycles. The molecule has 1 aromatic rings. The second-order valence-corrected chi connectivity index (χ2v) is 4.88. The molecule has 3 nitrogen and oxygen atoms in total. The van der Waals surface area contributed by atoms with E-state index in [0.717, 1.165) is 23.1 Å². The van der Waals surface area contributed by atoms with E-state index in [4.69, 9.17) is 5.73 Å². The lowest BCUT2D eigenvalue weighted by Crippen LogP contribution is -2.40. The van der Waals surface area contributed by atoms with Crippen molar-refractivity contribution in [2.24, 2.45) is 11.1 Å². The Morgan fingerprint density at radius 2 is 2.00 bits per heavy atom. The van der Waals surface area contributed by atoms with Gasteiger partial charge < -0.3 is 10.6 Å². The van der Waals surface area contributed by atoms with Crippen molar-refractivity contribution in [2.75, 3.05) is 18.5 Å². The maximum atomic E-state index is 13.6. The number of halogens is 2. The minimum Gasteiger partial charge on any atom is -0.330 e. The Morgan fingerprint density at radius 1 is 1.39 bits per heavy atom. The number of nitrogens with zero attached hydrogens (tertiary/aromatic N) is 1. The second-order valence-electron chi connectivity index (χ2n) is 4.88. The maximum Gasteiger partial charge on any atom is 0.232 e. The lowest BCUT2D eigenvalue weighted by atomic mass is 9.87. The van der Waals surface area contributed by atoms with Crippen LogP contribution in [0.2, 0.25) is 0 Å². The van der Waals surface area contributed by atoms with E-state index in [1.807, 2.05) is 0 Å². The maximum absolute atomic E-state index is 13.6. The zero-order valence-electron chi connectivity index (χ0n) is 10.8. The highest BCUT2D eigenvalue weighted by Crippen LogP contribution is 2.27. The molecule has 0 unspecified atom stereocenters. The number of amides is 1. The monoisotopic (exact) mass is 256 g/mol. The van der Waals surface area contributed by atoms with Gasteiger partial charge in [0, 0.05) is 18.5 Å². The largest absolute Gasteiger partial charge is 0.330 e. The molecule has 0 atom stereocenters. The topological polar surface area (TPSA) is 46.3 Å². The van der Waals surface area contributed by atoms with E-state index in [9.17, 15) is 13.6 Å². The fourth-order valence-corrected chi connectivity index (χ4v) is 1.77. The molecule has 0 saturated heterocycles. The molecule has 1 rings (SSSR count). The molecular weight excluding hydrogens is 238 g/mol. The minimum absolute atomic E-state index is 0.0647. The highest BCUT2D eigenvalue weighted by atomic mass is 19.1. The number of carbonyl (C=O) groups is 1. The van der Waals surface area contributed by atoms with Crippen molar-refractivity contribution in [2.45, 2.75) is 20.3 Å². The molecule has 0 aliphatic rings. The van der Waals surface area contributed by atoms with Crippen LogP contribution < -0.4 is 10.6 Å². The minimum atomic E-state index is -0.706. The van der Waals surface area contributed by atoms with Crippen LogP contribution >= 0.6 is 0 Å². The zero-order valence-corrected chi connectivity index (χ0v) is 10.8. The highest BCUT2D eigenvalue weighted by Gasteiger charge is 2.31. The molecule has 0 bridgehead atoms. The summed E-state index contributed by atoms with van der Waals surface area (Å²) in [5, 5.41) is 0. The van der Waals surface area contributed by atoms with Crippen LogP contribution in [0.4, 0.5) is 14.5 Å². The van der Waals surface area contributed by atoms with Crippen molar-refractivity contribution in [1.29, 1.82) is 0 Å². The number of carbonyl (C=O) groups excluding carboxylic acids is 1. The van der Waals surface area contributed by atoms with Crippen molar-refractivity contribution < 1.29 is 13.6 Å². The summed E-state index contributed by atoms with van der Waals surface area (Å²) in [5.41, 5.74) is 4.67. The number of anilines is 1. The van der Waals surface area contributed by atoms with E-state index in [2.05, 4.69) is 0 Å². The van der Waals surface area contributed by atoms with E-state index < -0.39 is 17.0 Å². The summed E-state index contributed by atoms with van der Waals surface area (Å²) in [7, 11) is 1.43. The van der Waals surface area contributed by atoms with Crippen LogP contribution in [0.3, 0.4) is 0 Å². The summed E-state index contributed by atoms with van der Waals surface area (Å²) >= 11 is 0. The van der Waals surface area contributed by atoms with Crippen molar-refractivity contribution in [3.8, 4) is 0 Å².